The fraction of sp³-hybridized carbons (Fsp3) is 0.417. The molecule has 104 valence electrons. The molecule has 0 aliphatic carbocycles. The maximum absolute atomic E-state index is 13.1. The Bertz CT molecular complexity index is 580. The molecule has 2 rings (SSSR count). The Labute approximate surface area is 111 Å². The van der Waals surface area contributed by atoms with E-state index in [9.17, 15) is 17.6 Å². The van der Waals surface area contributed by atoms with E-state index in [1.165, 1.54) is 29.4 Å². The van der Waals surface area contributed by atoms with Crippen LogP contribution in [-0.4, -0.2) is 49.7 Å². The first kappa shape index (κ1) is 14.0. The number of halogens is 1. The first-order chi connectivity index (χ1) is 8.91. The molecule has 1 aromatic rings. The topological polar surface area (TPSA) is 57.7 Å². The summed E-state index contributed by atoms with van der Waals surface area (Å²) in [5, 5.41) is 0. The summed E-state index contributed by atoms with van der Waals surface area (Å²) in [5.74, 6) is -0.647. The molecule has 1 amide bonds. The smallest absolute Gasteiger partial charge is 0.243 e. The molecule has 1 heterocycles. The van der Waals surface area contributed by atoms with Gasteiger partial charge >= 0.3 is 0 Å². The zero-order chi connectivity index (χ0) is 14.0. The predicted molar refractivity (Wildman–Crippen MR) is 67.4 cm³/mol. The quantitative estimate of drug-likeness (QED) is 0.803. The van der Waals surface area contributed by atoms with Gasteiger partial charge in [-0.05, 0) is 18.2 Å². The minimum absolute atomic E-state index is 0.0521. The molecule has 5 nitrogen and oxygen atoms in total. The molecule has 1 fully saturated rings. The molecule has 0 spiro atoms. The van der Waals surface area contributed by atoms with Gasteiger partial charge in [-0.3, -0.25) is 4.79 Å². The highest BCUT2D eigenvalue weighted by atomic mass is 32.2. The molecule has 0 N–H and O–H groups in total. The van der Waals surface area contributed by atoms with Crippen molar-refractivity contribution in [2.24, 2.45) is 0 Å². The fourth-order valence-electron chi connectivity index (χ4n) is 2.02. The molecule has 0 aromatic heterocycles. The van der Waals surface area contributed by atoms with Crippen LogP contribution in [0.15, 0.2) is 29.2 Å². The molecule has 7 heteroatoms. The molecule has 0 bridgehead atoms. The standard InChI is InChI=1S/C12H15FN2O3S/c1-10(16)14-5-7-15(8-6-14)19(17,18)12-4-2-3-11(13)9-12/h2-4,9H,5-8H2,1H3. The van der Waals surface area contributed by atoms with E-state index in [0.29, 0.717) is 13.1 Å². The lowest BCUT2D eigenvalue weighted by molar-refractivity contribution is -0.129. The molecule has 19 heavy (non-hydrogen) atoms. The van der Waals surface area contributed by atoms with Gasteiger partial charge in [-0.1, -0.05) is 6.07 Å². The number of benzene rings is 1. The van der Waals surface area contributed by atoms with Gasteiger partial charge in [-0.25, -0.2) is 12.8 Å². The van der Waals surface area contributed by atoms with Gasteiger partial charge in [-0.15, -0.1) is 0 Å². The highest BCUT2D eigenvalue weighted by molar-refractivity contribution is 7.89. The Morgan fingerprint density at radius 3 is 2.37 bits per heavy atom. The van der Waals surface area contributed by atoms with Crippen molar-refractivity contribution in [3.8, 4) is 0 Å². The lowest BCUT2D eigenvalue weighted by Crippen LogP contribution is -2.49. The van der Waals surface area contributed by atoms with Crippen LogP contribution in [0.4, 0.5) is 4.39 Å². The van der Waals surface area contributed by atoms with Crippen molar-refractivity contribution in [1.82, 2.24) is 9.21 Å². The number of sulfonamides is 1. The number of rotatable bonds is 2. The average molecular weight is 286 g/mol. The summed E-state index contributed by atoms with van der Waals surface area (Å²) in [7, 11) is -3.68. The fourth-order valence-corrected chi connectivity index (χ4v) is 3.47. The minimum Gasteiger partial charge on any atom is -0.340 e. The van der Waals surface area contributed by atoms with Gasteiger partial charge < -0.3 is 4.90 Å². The van der Waals surface area contributed by atoms with Crippen molar-refractivity contribution in [1.29, 1.82) is 0 Å². The van der Waals surface area contributed by atoms with Gasteiger partial charge in [0.1, 0.15) is 5.82 Å². The van der Waals surface area contributed by atoms with Gasteiger partial charge in [0.15, 0.2) is 0 Å². The maximum atomic E-state index is 13.1. The second-order valence-electron chi connectivity index (χ2n) is 4.37. The van der Waals surface area contributed by atoms with Crippen LogP contribution < -0.4 is 0 Å². The Morgan fingerprint density at radius 1 is 1.21 bits per heavy atom. The van der Waals surface area contributed by atoms with Crippen molar-refractivity contribution in [2.45, 2.75) is 11.8 Å². The Hall–Kier alpha value is -1.47. The summed E-state index contributed by atoms with van der Waals surface area (Å²) in [6, 6.07) is 4.95. The third kappa shape index (κ3) is 2.93. The zero-order valence-corrected chi connectivity index (χ0v) is 11.4. The molecule has 0 unspecified atom stereocenters. The minimum atomic E-state index is -3.68. The summed E-state index contributed by atoms with van der Waals surface area (Å²) in [6.45, 7) is 2.65. The van der Waals surface area contributed by atoms with Crippen molar-refractivity contribution in [3.63, 3.8) is 0 Å². The van der Waals surface area contributed by atoms with E-state index in [-0.39, 0.29) is 23.9 Å². The number of nitrogens with zero attached hydrogens (tertiary/aromatic N) is 2. The van der Waals surface area contributed by atoms with E-state index in [4.69, 9.17) is 0 Å². The second kappa shape index (κ2) is 5.26. The van der Waals surface area contributed by atoms with E-state index in [2.05, 4.69) is 0 Å². The van der Waals surface area contributed by atoms with Crippen molar-refractivity contribution in [2.75, 3.05) is 26.2 Å². The number of carbonyl (C=O) groups is 1. The van der Waals surface area contributed by atoms with Crippen LogP contribution in [0.1, 0.15) is 6.92 Å². The highest BCUT2D eigenvalue weighted by Crippen LogP contribution is 2.18. The van der Waals surface area contributed by atoms with Crippen molar-refractivity contribution >= 4 is 15.9 Å². The molecular formula is C12H15FN2O3S. The number of hydrogen-bond donors (Lipinski definition) is 0. The molecule has 0 radical (unpaired) electrons. The molecule has 1 aliphatic heterocycles. The summed E-state index contributed by atoms with van der Waals surface area (Å²) in [4.78, 5) is 12.7. The second-order valence-corrected chi connectivity index (χ2v) is 6.31. The van der Waals surface area contributed by atoms with Gasteiger partial charge in [-0.2, -0.15) is 4.31 Å². The lowest BCUT2D eigenvalue weighted by Gasteiger charge is -2.33. The van der Waals surface area contributed by atoms with E-state index < -0.39 is 15.8 Å². The van der Waals surface area contributed by atoms with Crippen molar-refractivity contribution in [3.05, 3.63) is 30.1 Å². The van der Waals surface area contributed by atoms with Crippen LogP contribution in [0, 0.1) is 5.82 Å². The van der Waals surface area contributed by atoms with Gasteiger partial charge in [0.25, 0.3) is 0 Å². The van der Waals surface area contributed by atoms with E-state index >= 15 is 0 Å². The monoisotopic (exact) mass is 286 g/mol. The summed E-state index contributed by atoms with van der Waals surface area (Å²) in [6.07, 6.45) is 0. The molecule has 1 saturated heterocycles. The first-order valence-electron chi connectivity index (χ1n) is 5.92. The Balaban J connectivity index is 2.16. The number of carbonyl (C=O) groups excluding carboxylic acids is 1. The largest absolute Gasteiger partial charge is 0.340 e. The summed E-state index contributed by atoms with van der Waals surface area (Å²) in [5.41, 5.74) is 0. The number of hydrogen-bond acceptors (Lipinski definition) is 3. The van der Waals surface area contributed by atoms with Crippen LogP contribution in [0.5, 0.6) is 0 Å². The molecular weight excluding hydrogens is 271 g/mol. The zero-order valence-electron chi connectivity index (χ0n) is 10.5. The highest BCUT2D eigenvalue weighted by Gasteiger charge is 2.29. The predicted octanol–water partition coefficient (Wildman–Crippen LogP) is 0.678. The molecule has 1 aromatic carbocycles. The molecule has 0 saturated carbocycles. The van der Waals surface area contributed by atoms with Crippen LogP contribution in [0.3, 0.4) is 0 Å². The maximum Gasteiger partial charge on any atom is 0.243 e. The van der Waals surface area contributed by atoms with E-state index in [1.807, 2.05) is 0 Å². The van der Waals surface area contributed by atoms with Crippen LogP contribution in [-0.2, 0) is 14.8 Å². The SMILES string of the molecule is CC(=O)N1CCN(S(=O)(=O)c2cccc(F)c2)CC1. The summed E-state index contributed by atoms with van der Waals surface area (Å²) < 4.78 is 38.9. The third-order valence-electron chi connectivity index (χ3n) is 3.12. The third-order valence-corrected chi connectivity index (χ3v) is 5.01. The molecule has 1 aliphatic rings. The van der Waals surface area contributed by atoms with Gasteiger partial charge in [0.2, 0.25) is 15.9 Å². The first-order valence-corrected chi connectivity index (χ1v) is 7.36. The van der Waals surface area contributed by atoms with Crippen molar-refractivity contribution < 1.29 is 17.6 Å². The lowest BCUT2D eigenvalue weighted by atomic mass is 10.3. The van der Waals surface area contributed by atoms with Gasteiger partial charge in [0, 0.05) is 33.1 Å². The Kier molecular flexibility index (Phi) is 3.86. The van der Waals surface area contributed by atoms with E-state index in [1.54, 1.807) is 4.90 Å². The van der Waals surface area contributed by atoms with Crippen LogP contribution in [0.25, 0.3) is 0 Å². The summed E-state index contributed by atoms with van der Waals surface area (Å²) >= 11 is 0. The molecule has 0 atom stereocenters. The normalized spacial score (nSPS) is 17.5. The number of piperazine rings is 1. The van der Waals surface area contributed by atoms with Crippen LogP contribution >= 0.6 is 0 Å². The number of amides is 1. The van der Waals surface area contributed by atoms with Gasteiger partial charge in [0.05, 0.1) is 4.90 Å². The Morgan fingerprint density at radius 2 is 1.84 bits per heavy atom. The van der Waals surface area contributed by atoms with E-state index in [0.717, 1.165) is 6.07 Å². The average Bonchev–Trinajstić information content (AvgIpc) is 2.39. The van der Waals surface area contributed by atoms with Crippen LogP contribution in [0.2, 0.25) is 0 Å².